The van der Waals surface area contributed by atoms with Crippen LogP contribution >= 0.6 is 15.9 Å². The van der Waals surface area contributed by atoms with Crippen LogP contribution in [-0.4, -0.2) is 16.1 Å². The molecular formula is C21H19BrN4O2. The van der Waals surface area contributed by atoms with E-state index in [4.69, 9.17) is 10.00 Å². The molecule has 2 aromatic carbocycles. The summed E-state index contributed by atoms with van der Waals surface area (Å²) in [5.74, 6) is 0.526. The van der Waals surface area contributed by atoms with E-state index in [9.17, 15) is 4.79 Å². The Morgan fingerprint density at radius 3 is 2.79 bits per heavy atom. The molecule has 7 heteroatoms. The molecule has 3 rings (SSSR count). The van der Waals surface area contributed by atoms with Gasteiger partial charge in [0.15, 0.2) is 5.69 Å². The van der Waals surface area contributed by atoms with Crippen LogP contribution in [0.2, 0.25) is 0 Å². The molecular weight excluding hydrogens is 420 g/mol. The number of nitrogens with one attached hydrogen (secondary N) is 2. The predicted octanol–water partition coefficient (Wildman–Crippen LogP) is 5.00. The quantitative estimate of drug-likeness (QED) is 0.566. The van der Waals surface area contributed by atoms with Crippen molar-refractivity contribution in [3.8, 4) is 11.8 Å². The monoisotopic (exact) mass is 438 g/mol. The second-order valence-corrected chi connectivity index (χ2v) is 7.33. The number of hydrogen-bond donors (Lipinski definition) is 2. The Morgan fingerprint density at radius 1 is 1.29 bits per heavy atom. The van der Waals surface area contributed by atoms with Crippen LogP contribution in [-0.2, 0) is 6.61 Å². The summed E-state index contributed by atoms with van der Waals surface area (Å²) in [5.41, 5.74) is 3.28. The highest BCUT2D eigenvalue weighted by atomic mass is 79.9. The molecule has 0 aliphatic heterocycles. The second kappa shape index (κ2) is 8.72. The number of carbonyl (C=O) groups excluding carboxylic acids is 1. The molecule has 0 aliphatic rings. The predicted molar refractivity (Wildman–Crippen MR) is 110 cm³/mol. The molecule has 0 saturated carbocycles. The first-order valence-corrected chi connectivity index (χ1v) is 9.54. The summed E-state index contributed by atoms with van der Waals surface area (Å²) in [7, 11) is 0. The van der Waals surface area contributed by atoms with Gasteiger partial charge >= 0.3 is 0 Å². The minimum Gasteiger partial charge on any atom is -0.489 e. The molecule has 28 heavy (non-hydrogen) atoms. The zero-order chi connectivity index (χ0) is 20.1. The van der Waals surface area contributed by atoms with Crippen LogP contribution in [0, 0.1) is 11.3 Å². The summed E-state index contributed by atoms with van der Waals surface area (Å²) in [6.07, 6.45) is 0. The van der Waals surface area contributed by atoms with E-state index in [0.717, 1.165) is 11.3 Å². The van der Waals surface area contributed by atoms with E-state index in [1.807, 2.05) is 32.0 Å². The van der Waals surface area contributed by atoms with E-state index in [-0.39, 0.29) is 11.8 Å². The standard InChI is InChI=1S/C21H19BrN4O2/c1-13(2)19-18(22)20(26-25-19)21(27)24-16-7-4-8-17(10-16)28-12-15-6-3-5-14(9-15)11-23/h3-10,13H,12H2,1-2H3,(H,24,27)(H,25,26). The molecule has 0 atom stereocenters. The van der Waals surface area contributed by atoms with Crippen LogP contribution in [0.1, 0.15) is 47.1 Å². The second-order valence-electron chi connectivity index (χ2n) is 6.54. The zero-order valence-corrected chi connectivity index (χ0v) is 17.1. The highest BCUT2D eigenvalue weighted by Crippen LogP contribution is 2.26. The lowest BCUT2D eigenvalue weighted by atomic mass is 10.1. The summed E-state index contributed by atoms with van der Waals surface area (Å²) in [6.45, 7) is 4.37. The number of H-pyrrole nitrogens is 1. The Hall–Kier alpha value is -3.11. The third-order valence-corrected chi connectivity index (χ3v) is 4.88. The zero-order valence-electron chi connectivity index (χ0n) is 15.5. The van der Waals surface area contributed by atoms with Gasteiger partial charge < -0.3 is 10.1 Å². The maximum atomic E-state index is 12.5. The molecule has 0 fully saturated rings. The Morgan fingerprint density at radius 2 is 2.07 bits per heavy atom. The molecule has 1 aromatic heterocycles. The average molecular weight is 439 g/mol. The maximum absolute atomic E-state index is 12.5. The van der Waals surface area contributed by atoms with E-state index in [2.05, 4.69) is 37.5 Å². The fraction of sp³-hybridized carbons (Fsp3) is 0.190. The lowest BCUT2D eigenvalue weighted by Gasteiger charge is -2.09. The number of carbonyl (C=O) groups is 1. The van der Waals surface area contributed by atoms with Crippen LogP contribution in [0.15, 0.2) is 53.0 Å². The number of ether oxygens (including phenoxy) is 1. The van der Waals surface area contributed by atoms with Gasteiger partial charge in [0.1, 0.15) is 12.4 Å². The number of anilines is 1. The molecule has 0 aliphatic carbocycles. The average Bonchev–Trinajstić information content (AvgIpc) is 3.08. The molecule has 0 saturated heterocycles. The largest absolute Gasteiger partial charge is 0.489 e. The highest BCUT2D eigenvalue weighted by molar-refractivity contribution is 9.10. The first-order chi connectivity index (χ1) is 13.5. The summed E-state index contributed by atoms with van der Waals surface area (Å²) in [4.78, 5) is 12.5. The summed E-state index contributed by atoms with van der Waals surface area (Å²) in [5, 5.41) is 18.8. The van der Waals surface area contributed by atoms with Crippen LogP contribution in [0.4, 0.5) is 5.69 Å². The van der Waals surface area contributed by atoms with Crippen LogP contribution in [0.5, 0.6) is 5.75 Å². The number of aromatic amines is 1. The fourth-order valence-electron chi connectivity index (χ4n) is 2.63. The van der Waals surface area contributed by atoms with E-state index < -0.39 is 0 Å². The van der Waals surface area contributed by atoms with Gasteiger partial charge in [-0.3, -0.25) is 9.89 Å². The normalized spacial score (nSPS) is 10.5. The van der Waals surface area contributed by atoms with Gasteiger partial charge in [-0.25, -0.2) is 0 Å². The number of hydrogen-bond acceptors (Lipinski definition) is 4. The molecule has 1 amide bonds. The molecule has 0 spiro atoms. The lowest BCUT2D eigenvalue weighted by molar-refractivity contribution is 0.102. The third-order valence-electron chi connectivity index (χ3n) is 4.08. The molecule has 0 bridgehead atoms. The van der Waals surface area contributed by atoms with Crippen LogP contribution in [0.3, 0.4) is 0 Å². The Balaban J connectivity index is 1.68. The number of halogens is 1. The molecule has 0 radical (unpaired) electrons. The number of amides is 1. The SMILES string of the molecule is CC(C)c1[nH]nc(C(=O)Nc2cccc(OCc3cccc(C#N)c3)c2)c1Br. The first kappa shape index (κ1) is 19.6. The smallest absolute Gasteiger partial charge is 0.277 e. The van der Waals surface area contributed by atoms with Crippen molar-refractivity contribution in [1.29, 1.82) is 5.26 Å². The number of aromatic nitrogens is 2. The molecule has 6 nitrogen and oxygen atoms in total. The molecule has 2 N–H and O–H groups in total. The van der Waals surface area contributed by atoms with Gasteiger partial charge in [-0.1, -0.05) is 32.0 Å². The summed E-state index contributed by atoms with van der Waals surface area (Å²) in [6, 6.07) is 16.5. The molecule has 142 valence electrons. The maximum Gasteiger partial charge on any atom is 0.277 e. The van der Waals surface area contributed by atoms with Crippen molar-refractivity contribution >= 4 is 27.5 Å². The summed E-state index contributed by atoms with van der Waals surface area (Å²) >= 11 is 3.44. The topological polar surface area (TPSA) is 90.8 Å². The fourth-order valence-corrected chi connectivity index (χ4v) is 3.44. The van der Waals surface area contributed by atoms with Gasteiger partial charge in [0, 0.05) is 11.8 Å². The van der Waals surface area contributed by atoms with Crippen molar-refractivity contribution in [2.45, 2.75) is 26.4 Å². The molecule has 0 unspecified atom stereocenters. The number of nitriles is 1. The van der Waals surface area contributed by atoms with Gasteiger partial charge in [-0.05, 0) is 51.7 Å². The van der Waals surface area contributed by atoms with Crippen LogP contribution < -0.4 is 10.1 Å². The van der Waals surface area contributed by atoms with Crippen molar-refractivity contribution in [2.75, 3.05) is 5.32 Å². The van der Waals surface area contributed by atoms with Gasteiger partial charge in [-0.15, -0.1) is 0 Å². The number of rotatable bonds is 6. The van der Waals surface area contributed by atoms with Crippen molar-refractivity contribution in [3.05, 3.63) is 75.5 Å². The van der Waals surface area contributed by atoms with Gasteiger partial charge in [0.05, 0.1) is 21.8 Å². The van der Waals surface area contributed by atoms with Gasteiger partial charge in [0.25, 0.3) is 5.91 Å². The van der Waals surface area contributed by atoms with E-state index in [1.54, 1.807) is 30.3 Å². The lowest BCUT2D eigenvalue weighted by Crippen LogP contribution is -2.13. The van der Waals surface area contributed by atoms with Crippen molar-refractivity contribution in [3.63, 3.8) is 0 Å². The third kappa shape index (κ3) is 4.59. The van der Waals surface area contributed by atoms with Gasteiger partial charge in [-0.2, -0.15) is 10.4 Å². The van der Waals surface area contributed by atoms with E-state index in [0.29, 0.717) is 33.8 Å². The van der Waals surface area contributed by atoms with E-state index in [1.165, 1.54) is 0 Å². The first-order valence-electron chi connectivity index (χ1n) is 8.75. The highest BCUT2D eigenvalue weighted by Gasteiger charge is 2.19. The molecule has 1 heterocycles. The van der Waals surface area contributed by atoms with Crippen molar-refractivity contribution < 1.29 is 9.53 Å². The van der Waals surface area contributed by atoms with E-state index >= 15 is 0 Å². The minimum atomic E-state index is -0.311. The Labute approximate surface area is 171 Å². The molecule has 3 aromatic rings. The Kier molecular flexibility index (Phi) is 6.12. The van der Waals surface area contributed by atoms with Gasteiger partial charge in [0.2, 0.25) is 0 Å². The van der Waals surface area contributed by atoms with Crippen LogP contribution in [0.25, 0.3) is 0 Å². The number of benzene rings is 2. The van der Waals surface area contributed by atoms with Crippen molar-refractivity contribution in [1.82, 2.24) is 10.2 Å². The van der Waals surface area contributed by atoms with Crippen molar-refractivity contribution in [2.24, 2.45) is 0 Å². The Bertz CT molecular complexity index is 1040. The summed E-state index contributed by atoms with van der Waals surface area (Å²) < 4.78 is 6.46. The minimum absolute atomic E-state index is 0.222. The number of nitrogens with zero attached hydrogens (tertiary/aromatic N) is 2.